The number of aromatic nitrogens is 1. The molecule has 1 aromatic heterocycles. The second-order valence-corrected chi connectivity index (χ2v) is 7.57. The van der Waals surface area contributed by atoms with Gasteiger partial charge < -0.3 is 14.5 Å². The summed E-state index contributed by atoms with van der Waals surface area (Å²) in [5, 5.41) is 2.92. The Morgan fingerprint density at radius 2 is 1.58 bits per heavy atom. The van der Waals surface area contributed by atoms with Gasteiger partial charge >= 0.3 is 11.7 Å². The van der Waals surface area contributed by atoms with Crippen LogP contribution in [-0.2, 0) is 16.1 Å². The number of fused-ring (bicyclic) bond motifs is 1. The number of benzene rings is 3. The van der Waals surface area contributed by atoms with Gasteiger partial charge in [-0.25, -0.2) is 4.79 Å². The third-order valence-corrected chi connectivity index (χ3v) is 5.28. The maximum atomic E-state index is 12.6. The summed E-state index contributed by atoms with van der Waals surface area (Å²) in [6.45, 7) is 0.523. The Morgan fingerprint density at radius 1 is 0.909 bits per heavy atom. The van der Waals surface area contributed by atoms with Gasteiger partial charge in [0.05, 0.1) is 24.6 Å². The zero-order valence-electron chi connectivity index (χ0n) is 18.0. The van der Waals surface area contributed by atoms with Crippen LogP contribution in [0, 0.1) is 0 Å². The quantitative estimate of drug-likeness (QED) is 0.310. The summed E-state index contributed by atoms with van der Waals surface area (Å²) in [7, 11) is 0. The molecule has 1 N–H and O–H groups in total. The molecule has 7 heteroatoms. The molecule has 0 radical (unpaired) electrons. The van der Waals surface area contributed by atoms with E-state index < -0.39 is 17.8 Å². The van der Waals surface area contributed by atoms with E-state index in [1.54, 1.807) is 36.4 Å². The molecule has 0 fully saturated rings. The molecule has 168 valence electrons. The van der Waals surface area contributed by atoms with Gasteiger partial charge in [-0.2, -0.15) is 0 Å². The number of amides is 1. The molecule has 4 aromatic rings. The van der Waals surface area contributed by atoms with Gasteiger partial charge in [0.2, 0.25) is 0 Å². The summed E-state index contributed by atoms with van der Waals surface area (Å²) < 4.78 is 12.1. The van der Waals surface area contributed by atoms with Crippen LogP contribution >= 0.6 is 0 Å². The number of oxazole rings is 1. The van der Waals surface area contributed by atoms with Crippen LogP contribution in [-0.4, -0.2) is 23.1 Å². The lowest BCUT2D eigenvalue weighted by atomic mass is 10.0. The molecule has 0 aliphatic heterocycles. The Kier molecular flexibility index (Phi) is 6.99. The van der Waals surface area contributed by atoms with Crippen LogP contribution in [0.3, 0.4) is 0 Å². The summed E-state index contributed by atoms with van der Waals surface area (Å²) in [6.07, 6.45) is 0.457. The van der Waals surface area contributed by atoms with E-state index in [0.29, 0.717) is 29.6 Å². The number of para-hydroxylation sites is 2. The monoisotopic (exact) mass is 444 g/mol. The lowest BCUT2D eigenvalue weighted by molar-refractivity contribution is -0.144. The number of carbonyl (C=O) groups is 2. The van der Waals surface area contributed by atoms with Crippen molar-refractivity contribution in [3.63, 3.8) is 0 Å². The topological polar surface area (TPSA) is 90.5 Å². The fourth-order valence-electron chi connectivity index (χ4n) is 3.63. The molecule has 7 nitrogen and oxygen atoms in total. The van der Waals surface area contributed by atoms with Crippen LogP contribution in [0.4, 0.5) is 0 Å². The maximum absolute atomic E-state index is 12.6. The second kappa shape index (κ2) is 10.5. The number of aryl methyl sites for hydroxylation is 1. The highest BCUT2D eigenvalue weighted by Crippen LogP contribution is 2.18. The van der Waals surface area contributed by atoms with Crippen LogP contribution < -0.4 is 11.1 Å². The summed E-state index contributed by atoms with van der Waals surface area (Å²) in [5.41, 5.74) is 2.57. The number of carbonyl (C=O) groups excluding carboxylic acids is 2. The zero-order chi connectivity index (χ0) is 23.0. The van der Waals surface area contributed by atoms with Crippen molar-refractivity contribution in [3.8, 4) is 0 Å². The number of esters is 1. The first kappa shape index (κ1) is 22.1. The third-order valence-electron chi connectivity index (χ3n) is 5.28. The first-order chi connectivity index (χ1) is 16.1. The number of rotatable bonds is 9. The van der Waals surface area contributed by atoms with E-state index in [4.69, 9.17) is 9.15 Å². The molecular formula is C26H24N2O5. The second-order valence-electron chi connectivity index (χ2n) is 7.57. The minimum Gasteiger partial charge on any atom is -0.466 e. The van der Waals surface area contributed by atoms with E-state index in [-0.39, 0.29) is 18.9 Å². The van der Waals surface area contributed by atoms with Crippen LogP contribution in [0.25, 0.3) is 11.1 Å². The molecule has 0 aliphatic rings. The Bertz CT molecular complexity index is 1280. The van der Waals surface area contributed by atoms with Crippen molar-refractivity contribution in [3.05, 3.63) is 107 Å². The van der Waals surface area contributed by atoms with Crippen LogP contribution in [0.2, 0.25) is 0 Å². The van der Waals surface area contributed by atoms with E-state index in [1.165, 1.54) is 4.57 Å². The van der Waals surface area contributed by atoms with Crippen molar-refractivity contribution in [2.75, 3.05) is 6.61 Å². The fraction of sp³-hybridized carbons (Fsp3) is 0.192. The summed E-state index contributed by atoms with van der Waals surface area (Å²) in [6, 6.07) is 24.8. The molecule has 1 unspecified atom stereocenters. The smallest absolute Gasteiger partial charge is 0.419 e. The molecule has 0 aliphatic carbocycles. The van der Waals surface area contributed by atoms with Gasteiger partial charge in [0.1, 0.15) is 0 Å². The molecule has 0 bridgehead atoms. The molecule has 1 heterocycles. The standard InChI is InChI=1S/C26H24N2O5/c29-24(32-17-9-16-28-22-14-7-8-15-23(22)33-26(28)31)18-21(19-10-3-1-4-11-19)27-25(30)20-12-5-2-6-13-20/h1-8,10-15,21H,9,16-18H2,(H,27,30). The number of ether oxygens (including phenoxy) is 1. The minimum atomic E-state index is -0.521. The normalized spacial score (nSPS) is 11.8. The Balaban J connectivity index is 1.34. The van der Waals surface area contributed by atoms with Crippen molar-refractivity contribution in [2.45, 2.75) is 25.4 Å². The number of hydrogen-bond acceptors (Lipinski definition) is 5. The fourth-order valence-corrected chi connectivity index (χ4v) is 3.63. The molecule has 1 atom stereocenters. The van der Waals surface area contributed by atoms with Gasteiger partial charge in [-0.3, -0.25) is 14.2 Å². The Morgan fingerprint density at radius 3 is 2.33 bits per heavy atom. The van der Waals surface area contributed by atoms with Crippen molar-refractivity contribution in [1.29, 1.82) is 0 Å². The lowest BCUT2D eigenvalue weighted by Gasteiger charge is -2.19. The third kappa shape index (κ3) is 5.57. The molecule has 33 heavy (non-hydrogen) atoms. The Hall–Kier alpha value is -4.13. The predicted octanol–water partition coefficient (Wildman–Crippen LogP) is 4.09. The number of hydrogen-bond donors (Lipinski definition) is 1. The molecule has 3 aromatic carbocycles. The van der Waals surface area contributed by atoms with Crippen molar-refractivity contribution < 1.29 is 18.7 Å². The predicted molar refractivity (Wildman–Crippen MR) is 124 cm³/mol. The van der Waals surface area contributed by atoms with Crippen LogP contribution in [0.5, 0.6) is 0 Å². The summed E-state index contributed by atoms with van der Waals surface area (Å²) >= 11 is 0. The number of nitrogens with one attached hydrogen (secondary N) is 1. The van der Waals surface area contributed by atoms with E-state index in [0.717, 1.165) is 5.56 Å². The van der Waals surface area contributed by atoms with Gasteiger partial charge in [-0.15, -0.1) is 0 Å². The minimum absolute atomic E-state index is 0.00280. The van der Waals surface area contributed by atoms with Gasteiger partial charge in [0.25, 0.3) is 5.91 Å². The van der Waals surface area contributed by atoms with E-state index in [9.17, 15) is 14.4 Å². The first-order valence-electron chi connectivity index (χ1n) is 10.8. The number of nitrogens with zero attached hydrogens (tertiary/aromatic N) is 1. The Labute approximate surface area is 190 Å². The zero-order valence-corrected chi connectivity index (χ0v) is 18.0. The molecular weight excluding hydrogens is 420 g/mol. The van der Waals surface area contributed by atoms with E-state index in [2.05, 4.69) is 5.32 Å². The highest BCUT2D eigenvalue weighted by Gasteiger charge is 2.20. The van der Waals surface area contributed by atoms with Gasteiger partial charge in [0.15, 0.2) is 5.58 Å². The van der Waals surface area contributed by atoms with Gasteiger partial charge in [0, 0.05) is 12.1 Å². The average Bonchev–Trinajstić information content (AvgIpc) is 3.17. The first-order valence-corrected chi connectivity index (χ1v) is 10.8. The van der Waals surface area contributed by atoms with Gasteiger partial charge in [-0.05, 0) is 36.2 Å². The molecule has 0 spiro atoms. The largest absolute Gasteiger partial charge is 0.466 e. The SMILES string of the molecule is O=C(CC(NC(=O)c1ccccc1)c1ccccc1)OCCCn1c(=O)oc2ccccc21. The van der Waals surface area contributed by atoms with Crippen molar-refractivity contribution >= 4 is 23.0 Å². The van der Waals surface area contributed by atoms with Gasteiger partial charge in [-0.1, -0.05) is 60.7 Å². The maximum Gasteiger partial charge on any atom is 0.419 e. The van der Waals surface area contributed by atoms with E-state index in [1.807, 2.05) is 48.5 Å². The van der Waals surface area contributed by atoms with Crippen LogP contribution in [0.1, 0.15) is 34.8 Å². The summed E-state index contributed by atoms with van der Waals surface area (Å²) in [4.78, 5) is 37.2. The van der Waals surface area contributed by atoms with Crippen LogP contribution in [0.15, 0.2) is 94.1 Å². The highest BCUT2D eigenvalue weighted by atomic mass is 16.5. The molecule has 1 amide bonds. The highest BCUT2D eigenvalue weighted by molar-refractivity contribution is 5.94. The average molecular weight is 444 g/mol. The molecule has 4 rings (SSSR count). The van der Waals surface area contributed by atoms with Crippen molar-refractivity contribution in [2.24, 2.45) is 0 Å². The lowest BCUT2D eigenvalue weighted by Crippen LogP contribution is -2.30. The summed E-state index contributed by atoms with van der Waals surface area (Å²) in [5.74, 6) is -1.12. The molecule has 0 saturated carbocycles. The molecule has 0 saturated heterocycles. The van der Waals surface area contributed by atoms with E-state index >= 15 is 0 Å². The van der Waals surface area contributed by atoms with Crippen molar-refractivity contribution in [1.82, 2.24) is 9.88 Å².